The zero-order chi connectivity index (χ0) is 16.7. The van der Waals surface area contributed by atoms with Crippen LogP contribution in [0.15, 0.2) is 53.4 Å². The molecule has 0 heterocycles. The van der Waals surface area contributed by atoms with Crippen LogP contribution in [0, 0.1) is 0 Å². The van der Waals surface area contributed by atoms with Crippen LogP contribution in [0.25, 0.3) is 0 Å². The van der Waals surface area contributed by atoms with E-state index in [1.54, 1.807) is 24.3 Å². The second kappa shape index (κ2) is 9.86. The number of halogens is 2. The Hall–Kier alpha value is -1.31. The van der Waals surface area contributed by atoms with E-state index in [4.69, 9.17) is 16.3 Å². The molecule has 8 heteroatoms. The lowest BCUT2D eigenvalue weighted by Crippen LogP contribution is -2.31. The molecule has 2 aromatic carbocycles. The van der Waals surface area contributed by atoms with Gasteiger partial charge in [-0.05, 0) is 42.9 Å². The van der Waals surface area contributed by atoms with Crippen LogP contribution in [0.1, 0.15) is 6.92 Å². The Kier molecular flexibility index (Phi) is 8.52. The summed E-state index contributed by atoms with van der Waals surface area (Å²) in [5.41, 5.74) is 0. The van der Waals surface area contributed by atoms with E-state index in [0.29, 0.717) is 29.6 Å². The Morgan fingerprint density at radius 3 is 2.33 bits per heavy atom. The van der Waals surface area contributed by atoms with E-state index >= 15 is 0 Å². The third-order valence-electron chi connectivity index (χ3n) is 3.04. The van der Waals surface area contributed by atoms with E-state index in [1.807, 2.05) is 19.1 Å². The van der Waals surface area contributed by atoms with Crippen molar-refractivity contribution in [3.05, 3.63) is 53.6 Å². The highest BCUT2D eigenvalue weighted by Crippen LogP contribution is 2.29. The van der Waals surface area contributed by atoms with Gasteiger partial charge in [0, 0.05) is 13.1 Å². The summed E-state index contributed by atoms with van der Waals surface area (Å²) in [6, 6.07) is 13.3. The topological polar surface area (TPSA) is 67.4 Å². The number of hydrogen-bond donors (Lipinski definition) is 2. The van der Waals surface area contributed by atoms with Gasteiger partial charge in [0.05, 0.1) is 9.92 Å². The predicted octanol–water partition coefficient (Wildman–Crippen LogP) is 3.44. The SMILES string of the molecule is CCNCCNS(=O)(=O)c1ccc(Oc2ccccc2Cl)cc1.Cl. The molecule has 0 radical (unpaired) electrons. The standard InChI is InChI=1S/C16H19ClN2O3S.ClH/c1-2-18-11-12-19-23(20,21)14-9-7-13(8-10-14)22-16-6-4-3-5-15(16)17;/h3-10,18-19H,2,11-12H2,1H3;1H. The van der Waals surface area contributed by atoms with Crippen LogP contribution in [0.5, 0.6) is 11.5 Å². The molecule has 0 unspecified atom stereocenters. The quantitative estimate of drug-likeness (QED) is 0.677. The van der Waals surface area contributed by atoms with Crippen molar-refractivity contribution in [2.45, 2.75) is 11.8 Å². The van der Waals surface area contributed by atoms with Gasteiger partial charge < -0.3 is 10.1 Å². The van der Waals surface area contributed by atoms with Crippen molar-refractivity contribution < 1.29 is 13.2 Å². The molecule has 0 saturated carbocycles. The molecule has 0 aliphatic rings. The summed E-state index contributed by atoms with van der Waals surface area (Å²) in [6.45, 7) is 3.69. The molecule has 0 saturated heterocycles. The molecule has 0 bridgehead atoms. The minimum Gasteiger partial charge on any atom is -0.456 e. The molecule has 24 heavy (non-hydrogen) atoms. The lowest BCUT2D eigenvalue weighted by molar-refractivity contribution is 0.482. The van der Waals surface area contributed by atoms with Gasteiger partial charge in [-0.2, -0.15) is 0 Å². The van der Waals surface area contributed by atoms with E-state index in [9.17, 15) is 8.42 Å². The third kappa shape index (κ3) is 5.96. The smallest absolute Gasteiger partial charge is 0.240 e. The maximum Gasteiger partial charge on any atom is 0.240 e. The zero-order valence-corrected chi connectivity index (χ0v) is 15.5. The summed E-state index contributed by atoms with van der Waals surface area (Å²) in [5, 5.41) is 3.55. The van der Waals surface area contributed by atoms with Crippen molar-refractivity contribution in [3.63, 3.8) is 0 Å². The van der Waals surface area contributed by atoms with E-state index in [-0.39, 0.29) is 17.3 Å². The highest BCUT2D eigenvalue weighted by Gasteiger charge is 2.13. The first-order valence-electron chi connectivity index (χ1n) is 7.26. The molecular weight excluding hydrogens is 371 g/mol. The van der Waals surface area contributed by atoms with Crippen molar-refractivity contribution in [1.29, 1.82) is 0 Å². The zero-order valence-electron chi connectivity index (χ0n) is 13.2. The van der Waals surface area contributed by atoms with E-state index in [2.05, 4.69) is 10.0 Å². The second-order valence-electron chi connectivity index (χ2n) is 4.76. The molecule has 2 N–H and O–H groups in total. The number of hydrogen-bond acceptors (Lipinski definition) is 4. The number of rotatable bonds is 8. The van der Waals surface area contributed by atoms with Crippen LogP contribution in [-0.4, -0.2) is 28.1 Å². The average molecular weight is 391 g/mol. The van der Waals surface area contributed by atoms with Gasteiger partial charge >= 0.3 is 0 Å². The lowest BCUT2D eigenvalue weighted by atomic mass is 10.3. The molecule has 0 atom stereocenters. The summed E-state index contributed by atoms with van der Waals surface area (Å²) in [6.07, 6.45) is 0. The summed E-state index contributed by atoms with van der Waals surface area (Å²) in [5.74, 6) is 1.04. The van der Waals surface area contributed by atoms with Gasteiger partial charge in [-0.15, -0.1) is 12.4 Å². The van der Waals surface area contributed by atoms with E-state index in [0.717, 1.165) is 6.54 Å². The lowest BCUT2D eigenvalue weighted by Gasteiger charge is -2.09. The van der Waals surface area contributed by atoms with Crippen molar-refractivity contribution in [2.75, 3.05) is 19.6 Å². The fourth-order valence-electron chi connectivity index (χ4n) is 1.88. The Morgan fingerprint density at radius 1 is 1.04 bits per heavy atom. The third-order valence-corrected chi connectivity index (χ3v) is 4.83. The number of nitrogens with one attached hydrogen (secondary N) is 2. The summed E-state index contributed by atoms with van der Waals surface area (Å²) < 4.78 is 32.4. The van der Waals surface area contributed by atoms with Crippen LogP contribution in [0.4, 0.5) is 0 Å². The highest BCUT2D eigenvalue weighted by molar-refractivity contribution is 7.89. The number of sulfonamides is 1. The maximum absolute atomic E-state index is 12.1. The van der Waals surface area contributed by atoms with Gasteiger partial charge in [0.25, 0.3) is 0 Å². The van der Waals surface area contributed by atoms with Crippen molar-refractivity contribution in [1.82, 2.24) is 10.0 Å². The van der Waals surface area contributed by atoms with Crippen LogP contribution >= 0.6 is 24.0 Å². The molecule has 132 valence electrons. The number of ether oxygens (including phenoxy) is 1. The molecular formula is C16H20Cl2N2O3S. The second-order valence-corrected chi connectivity index (χ2v) is 6.93. The molecule has 5 nitrogen and oxygen atoms in total. The van der Waals surface area contributed by atoms with Crippen molar-refractivity contribution >= 4 is 34.0 Å². The fourth-order valence-corrected chi connectivity index (χ4v) is 3.08. The van der Waals surface area contributed by atoms with Crippen LogP contribution in [0.3, 0.4) is 0 Å². The number of benzene rings is 2. The van der Waals surface area contributed by atoms with Gasteiger partial charge in [-0.3, -0.25) is 0 Å². The van der Waals surface area contributed by atoms with Crippen LogP contribution in [0.2, 0.25) is 5.02 Å². The fraction of sp³-hybridized carbons (Fsp3) is 0.250. The Labute approximate surface area is 153 Å². The minimum atomic E-state index is -3.51. The first kappa shape index (κ1) is 20.7. The number of likely N-dealkylation sites (N-methyl/N-ethyl adjacent to an activating group) is 1. The Bertz CT molecular complexity index is 737. The molecule has 0 aromatic heterocycles. The highest BCUT2D eigenvalue weighted by atomic mass is 35.5. The van der Waals surface area contributed by atoms with Crippen molar-refractivity contribution in [2.24, 2.45) is 0 Å². The molecule has 0 fully saturated rings. The van der Waals surface area contributed by atoms with Gasteiger partial charge in [0.1, 0.15) is 11.5 Å². The van der Waals surface area contributed by atoms with Gasteiger partial charge in [0.2, 0.25) is 10.0 Å². The summed E-state index contributed by atoms with van der Waals surface area (Å²) >= 11 is 6.02. The van der Waals surface area contributed by atoms with Gasteiger partial charge in [-0.1, -0.05) is 30.7 Å². The van der Waals surface area contributed by atoms with Crippen LogP contribution < -0.4 is 14.8 Å². The van der Waals surface area contributed by atoms with Gasteiger partial charge in [0.15, 0.2) is 0 Å². The minimum absolute atomic E-state index is 0. The predicted molar refractivity (Wildman–Crippen MR) is 98.9 cm³/mol. The average Bonchev–Trinajstić information content (AvgIpc) is 2.54. The van der Waals surface area contributed by atoms with Crippen LogP contribution in [-0.2, 0) is 10.0 Å². The Balaban J connectivity index is 0.00000288. The van der Waals surface area contributed by atoms with Gasteiger partial charge in [-0.25, -0.2) is 13.1 Å². The summed E-state index contributed by atoms with van der Waals surface area (Å²) in [7, 11) is -3.51. The normalized spacial score (nSPS) is 10.9. The van der Waals surface area contributed by atoms with Crippen molar-refractivity contribution in [3.8, 4) is 11.5 Å². The number of para-hydroxylation sites is 1. The summed E-state index contributed by atoms with van der Waals surface area (Å²) in [4.78, 5) is 0.195. The molecule has 0 amide bonds. The molecule has 0 spiro atoms. The largest absolute Gasteiger partial charge is 0.456 e. The molecule has 2 rings (SSSR count). The maximum atomic E-state index is 12.1. The monoisotopic (exact) mass is 390 g/mol. The Morgan fingerprint density at radius 2 is 1.71 bits per heavy atom. The molecule has 0 aliphatic heterocycles. The van der Waals surface area contributed by atoms with E-state index < -0.39 is 10.0 Å². The first-order valence-corrected chi connectivity index (χ1v) is 9.12. The molecule has 2 aromatic rings. The first-order chi connectivity index (χ1) is 11.0. The molecule has 0 aliphatic carbocycles. The van der Waals surface area contributed by atoms with E-state index in [1.165, 1.54) is 12.1 Å².